The highest BCUT2D eigenvalue weighted by atomic mass is 19.4. The van der Waals surface area contributed by atoms with Crippen molar-refractivity contribution in [2.24, 2.45) is 5.73 Å². The number of nitrogens with two attached hydrogens (primary N) is 1. The fourth-order valence-electron chi connectivity index (χ4n) is 2.11. The number of rotatable bonds is 2. The predicted molar refractivity (Wildman–Crippen MR) is 48.5 cm³/mol. The Kier molecular flexibility index (Phi) is 2.65. The Morgan fingerprint density at radius 2 is 1.94 bits per heavy atom. The summed E-state index contributed by atoms with van der Waals surface area (Å²) in [5.41, 5.74) is 5.06. The molecule has 0 amide bonds. The van der Waals surface area contributed by atoms with E-state index in [1.165, 1.54) is 0 Å². The Balaban J connectivity index is 2.30. The Morgan fingerprint density at radius 3 is 2.38 bits per heavy atom. The molecule has 1 saturated carbocycles. The minimum atomic E-state index is -4.56. The number of aromatic nitrogens is 2. The van der Waals surface area contributed by atoms with Crippen molar-refractivity contribution in [2.45, 2.75) is 37.3 Å². The monoisotopic (exact) mass is 235 g/mol. The first-order valence-electron chi connectivity index (χ1n) is 5.09. The number of hydrogen-bond donors (Lipinski definition) is 1. The largest absolute Gasteiger partial charge is 0.455 e. The molecule has 90 valence electrons. The lowest BCUT2D eigenvalue weighted by Crippen LogP contribution is -2.32. The van der Waals surface area contributed by atoms with E-state index < -0.39 is 17.4 Å². The molecule has 0 spiro atoms. The molecule has 0 saturated heterocycles. The summed E-state index contributed by atoms with van der Waals surface area (Å²) in [5.74, 6) is -1.19. The molecule has 0 bridgehead atoms. The normalized spacial score (nSPS) is 20.2. The van der Waals surface area contributed by atoms with Crippen molar-refractivity contribution in [1.82, 2.24) is 10.1 Å². The summed E-state index contributed by atoms with van der Waals surface area (Å²) in [5, 5.41) is 2.96. The zero-order valence-corrected chi connectivity index (χ0v) is 8.55. The van der Waals surface area contributed by atoms with Crippen molar-refractivity contribution < 1.29 is 17.7 Å². The van der Waals surface area contributed by atoms with Crippen molar-refractivity contribution in [3.05, 3.63) is 11.7 Å². The Labute approximate surface area is 90.0 Å². The molecule has 0 atom stereocenters. The third-order valence-corrected chi connectivity index (χ3v) is 3.08. The van der Waals surface area contributed by atoms with Gasteiger partial charge >= 0.3 is 6.18 Å². The van der Waals surface area contributed by atoms with E-state index in [0.717, 1.165) is 12.8 Å². The van der Waals surface area contributed by atoms with Crippen LogP contribution >= 0.6 is 0 Å². The lowest BCUT2D eigenvalue weighted by molar-refractivity contribution is -0.146. The van der Waals surface area contributed by atoms with Gasteiger partial charge in [0.2, 0.25) is 5.89 Å². The molecule has 7 heteroatoms. The van der Waals surface area contributed by atoms with Crippen LogP contribution in [0.4, 0.5) is 13.2 Å². The Hall–Kier alpha value is -1.11. The molecule has 0 radical (unpaired) electrons. The Bertz CT molecular complexity index is 368. The minimum Gasteiger partial charge on any atom is -0.338 e. The molecule has 1 aromatic heterocycles. The van der Waals surface area contributed by atoms with Gasteiger partial charge in [-0.15, -0.1) is 0 Å². The van der Waals surface area contributed by atoms with E-state index in [0.29, 0.717) is 12.8 Å². The standard InChI is InChI=1S/C9H12F3N3O/c10-9(11,12)6-14-7(16-15-6)8(5-13)3-1-2-4-8/h1-5,13H2. The van der Waals surface area contributed by atoms with Gasteiger partial charge in [0, 0.05) is 6.54 Å². The zero-order chi connectivity index (χ0) is 11.8. The fourth-order valence-corrected chi connectivity index (χ4v) is 2.11. The van der Waals surface area contributed by atoms with Crippen molar-refractivity contribution >= 4 is 0 Å². The molecule has 0 unspecified atom stereocenters. The predicted octanol–water partition coefficient (Wildman–Crippen LogP) is 1.86. The van der Waals surface area contributed by atoms with Gasteiger partial charge in [0.15, 0.2) is 0 Å². The molecule has 0 aliphatic heterocycles. The van der Waals surface area contributed by atoms with E-state index in [1.54, 1.807) is 0 Å². The summed E-state index contributed by atoms with van der Waals surface area (Å²) in [6, 6.07) is 0. The Morgan fingerprint density at radius 1 is 1.31 bits per heavy atom. The molecule has 1 fully saturated rings. The second-order valence-electron chi connectivity index (χ2n) is 4.11. The molecular formula is C9H12F3N3O. The van der Waals surface area contributed by atoms with Crippen LogP contribution < -0.4 is 5.73 Å². The van der Waals surface area contributed by atoms with Crippen LogP contribution in [0.15, 0.2) is 4.52 Å². The van der Waals surface area contributed by atoms with Gasteiger partial charge in [-0.1, -0.05) is 18.0 Å². The maximum Gasteiger partial charge on any atom is 0.455 e. The minimum absolute atomic E-state index is 0.0276. The SMILES string of the molecule is NCC1(c2nc(C(F)(F)F)no2)CCCC1. The van der Waals surface area contributed by atoms with Gasteiger partial charge in [0.1, 0.15) is 0 Å². The summed E-state index contributed by atoms with van der Waals surface area (Å²) in [6.07, 6.45) is -1.27. The first kappa shape index (κ1) is 11.4. The highest BCUT2D eigenvalue weighted by molar-refractivity contribution is 5.09. The molecule has 1 aliphatic carbocycles. The molecule has 2 rings (SSSR count). The first-order chi connectivity index (χ1) is 7.48. The zero-order valence-electron chi connectivity index (χ0n) is 8.55. The molecule has 16 heavy (non-hydrogen) atoms. The van der Waals surface area contributed by atoms with Crippen LogP contribution in [0.2, 0.25) is 0 Å². The van der Waals surface area contributed by atoms with E-state index in [-0.39, 0.29) is 12.4 Å². The molecule has 4 nitrogen and oxygen atoms in total. The summed E-state index contributed by atoms with van der Waals surface area (Å²) in [6.45, 7) is 0.243. The van der Waals surface area contributed by atoms with Crippen LogP contribution in [-0.4, -0.2) is 16.7 Å². The van der Waals surface area contributed by atoms with E-state index in [2.05, 4.69) is 10.1 Å². The summed E-state index contributed by atoms with van der Waals surface area (Å²) >= 11 is 0. The van der Waals surface area contributed by atoms with Crippen molar-refractivity contribution in [1.29, 1.82) is 0 Å². The highest BCUT2D eigenvalue weighted by Crippen LogP contribution is 2.40. The van der Waals surface area contributed by atoms with Crippen LogP contribution in [0, 0.1) is 0 Å². The smallest absolute Gasteiger partial charge is 0.338 e. The lowest BCUT2D eigenvalue weighted by atomic mass is 9.86. The summed E-state index contributed by atoms with van der Waals surface area (Å²) in [4.78, 5) is 3.42. The van der Waals surface area contributed by atoms with Gasteiger partial charge in [-0.05, 0) is 12.8 Å². The summed E-state index contributed by atoms with van der Waals surface area (Å²) in [7, 11) is 0. The van der Waals surface area contributed by atoms with E-state index in [4.69, 9.17) is 10.3 Å². The van der Waals surface area contributed by atoms with Gasteiger partial charge in [-0.3, -0.25) is 0 Å². The van der Waals surface area contributed by atoms with Crippen LogP contribution in [-0.2, 0) is 11.6 Å². The summed E-state index contributed by atoms with van der Waals surface area (Å²) < 4.78 is 41.6. The third-order valence-electron chi connectivity index (χ3n) is 3.08. The maximum absolute atomic E-state index is 12.3. The number of halogens is 3. The first-order valence-corrected chi connectivity index (χ1v) is 5.09. The van der Waals surface area contributed by atoms with Crippen LogP contribution in [0.25, 0.3) is 0 Å². The quantitative estimate of drug-likeness (QED) is 0.849. The number of alkyl halides is 3. The average Bonchev–Trinajstić information content (AvgIpc) is 2.86. The van der Waals surface area contributed by atoms with Gasteiger partial charge < -0.3 is 10.3 Å². The van der Waals surface area contributed by atoms with Crippen LogP contribution in [0.3, 0.4) is 0 Å². The second-order valence-corrected chi connectivity index (χ2v) is 4.11. The fraction of sp³-hybridized carbons (Fsp3) is 0.778. The van der Waals surface area contributed by atoms with E-state index in [9.17, 15) is 13.2 Å². The molecule has 1 aromatic rings. The van der Waals surface area contributed by atoms with Gasteiger partial charge in [0.25, 0.3) is 5.82 Å². The average molecular weight is 235 g/mol. The number of hydrogen-bond acceptors (Lipinski definition) is 4. The number of nitrogens with zero attached hydrogens (tertiary/aromatic N) is 2. The van der Waals surface area contributed by atoms with Crippen LogP contribution in [0.5, 0.6) is 0 Å². The van der Waals surface area contributed by atoms with Crippen LogP contribution in [0.1, 0.15) is 37.4 Å². The van der Waals surface area contributed by atoms with Gasteiger partial charge in [0.05, 0.1) is 5.41 Å². The van der Waals surface area contributed by atoms with Crippen molar-refractivity contribution in [3.63, 3.8) is 0 Å². The molecule has 0 aromatic carbocycles. The third kappa shape index (κ3) is 1.79. The lowest BCUT2D eigenvalue weighted by Gasteiger charge is -2.21. The molecule has 1 aliphatic rings. The van der Waals surface area contributed by atoms with Gasteiger partial charge in [-0.2, -0.15) is 18.2 Å². The van der Waals surface area contributed by atoms with E-state index in [1.807, 2.05) is 0 Å². The topological polar surface area (TPSA) is 64.9 Å². The second kappa shape index (κ2) is 3.73. The maximum atomic E-state index is 12.3. The molecule has 2 N–H and O–H groups in total. The molecular weight excluding hydrogens is 223 g/mol. The molecule has 1 heterocycles. The highest BCUT2D eigenvalue weighted by Gasteiger charge is 2.43. The van der Waals surface area contributed by atoms with Crippen molar-refractivity contribution in [2.75, 3.05) is 6.54 Å². The van der Waals surface area contributed by atoms with Gasteiger partial charge in [-0.25, -0.2) is 0 Å². The van der Waals surface area contributed by atoms with Crippen molar-refractivity contribution in [3.8, 4) is 0 Å². The van der Waals surface area contributed by atoms with E-state index >= 15 is 0 Å².